The van der Waals surface area contributed by atoms with Crippen LogP contribution >= 0.6 is 0 Å². The highest BCUT2D eigenvalue weighted by atomic mass is 32.2. The summed E-state index contributed by atoms with van der Waals surface area (Å²) in [5, 5.41) is 3.78. The number of hydrogen-bond acceptors (Lipinski definition) is 5. The molecular formula is C16H18N2O4S. The van der Waals surface area contributed by atoms with E-state index in [9.17, 15) is 8.42 Å². The van der Waals surface area contributed by atoms with Gasteiger partial charge in [0.15, 0.2) is 11.5 Å². The molecule has 2 aromatic rings. The predicted octanol–water partition coefficient (Wildman–Crippen LogP) is 2.41. The van der Waals surface area contributed by atoms with Crippen molar-refractivity contribution in [2.24, 2.45) is 5.10 Å². The van der Waals surface area contributed by atoms with Crippen LogP contribution in [0.25, 0.3) is 0 Å². The molecule has 0 unspecified atom stereocenters. The number of hydrogen-bond donors (Lipinski definition) is 1. The lowest BCUT2D eigenvalue weighted by molar-refractivity contribution is 0.311. The molecule has 122 valence electrons. The molecule has 7 heteroatoms. The summed E-state index contributed by atoms with van der Waals surface area (Å²) in [6.45, 7) is 2.41. The fourth-order valence-corrected chi connectivity index (χ4v) is 2.67. The number of hydrazone groups is 1. The van der Waals surface area contributed by atoms with Crippen molar-refractivity contribution < 1.29 is 17.9 Å². The minimum absolute atomic E-state index is 0.154. The maximum atomic E-state index is 12.0. The number of rotatable bonds is 7. The molecule has 0 spiro atoms. The summed E-state index contributed by atoms with van der Waals surface area (Å²) in [4.78, 5) is 2.32. The van der Waals surface area contributed by atoms with E-state index < -0.39 is 10.0 Å². The third-order valence-corrected chi connectivity index (χ3v) is 4.17. The van der Waals surface area contributed by atoms with Gasteiger partial charge < -0.3 is 9.47 Å². The van der Waals surface area contributed by atoms with E-state index in [1.807, 2.05) is 6.92 Å². The summed E-state index contributed by atoms with van der Waals surface area (Å²) in [6.07, 6.45) is 1.40. The molecule has 2 rings (SSSR count). The Morgan fingerprint density at radius 2 is 1.87 bits per heavy atom. The first kappa shape index (κ1) is 16.8. The summed E-state index contributed by atoms with van der Waals surface area (Å²) in [6, 6.07) is 13.3. The second-order valence-corrected chi connectivity index (χ2v) is 6.17. The van der Waals surface area contributed by atoms with E-state index in [-0.39, 0.29) is 4.90 Å². The molecule has 0 aliphatic rings. The first-order valence-electron chi connectivity index (χ1n) is 6.97. The van der Waals surface area contributed by atoms with Crippen LogP contribution in [-0.4, -0.2) is 28.3 Å². The van der Waals surface area contributed by atoms with Crippen molar-refractivity contribution in [1.82, 2.24) is 4.83 Å². The van der Waals surface area contributed by atoms with E-state index in [1.165, 1.54) is 25.5 Å². The molecular weight excluding hydrogens is 316 g/mol. The fraction of sp³-hybridized carbons (Fsp3) is 0.188. The van der Waals surface area contributed by atoms with Crippen molar-refractivity contribution in [3.05, 3.63) is 54.1 Å². The van der Waals surface area contributed by atoms with Gasteiger partial charge in [-0.3, -0.25) is 0 Å². The average molecular weight is 334 g/mol. The van der Waals surface area contributed by atoms with Crippen LogP contribution in [0.15, 0.2) is 58.5 Å². The second kappa shape index (κ2) is 7.64. The first-order valence-corrected chi connectivity index (χ1v) is 8.46. The molecule has 0 atom stereocenters. The molecule has 0 aliphatic carbocycles. The number of benzene rings is 2. The van der Waals surface area contributed by atoms with Crippen LogP contribution in [0, 0.1) is 0 Å². The van der Waals surface area contributed by atoms with Crippen molar-refractivity contribution in [2.75, 3.05) is 13.7 Å². The lowest BCUT2D eigenvalue weighted by Crippen LogP contribution is -2.18. The van der Waals surface area contributed by atoms with Crippen molar-refractivity contribution in [3.63, 3.8) is 0 Å². The van der Waals surface area contributed by atoms with Crippen molar-refractivity contribution in [1.29, 1.82) is 0 Å². The zero-order chi connectivity index (χ0) is 16.7. The van der Waals surface area contributed by atoms with Crippen LogP contribution in [0.1, 0.15) is 12.5 Å². The van der Waals surface area contributed by atoms with Gasteiger partial charge in [0.1, 0.15) is 0 Å². The molecule has 0 heterocycles. The number of sulfonamides is 1. The molecule has 0 amide bonds. The maximum absolute atomic E-state index is 12.0. The van der Waals surface area contributed by atoms with Gasteiger partial charge in [-0.05, 0) is 42.8 Å². The van der Waals surface area contributed by atoms with E-state index >= 15 is 0 Å². The molecule has 6 nitrogen and oxygen atoms in total. The molecule has 0 saturated heterocycles. The molecule has 1 N–H and O–H groups in total. The molecule has 0 bridgehead atoms. The number of methoxy groups -OCH3 is 1. The quantitative estimate of drug-likeness (QED) is 0.623. The van der Waals surface area contributed by atoms with E-state index in [4.69, 9.17) is 9.47 Å². The van der Waals surface area contributed by atoms with Gasteiger partial charge in [-0.25, -0.2) is 4.83 Å². The Morgan fingerprint density at radius 1 is 1.13 bits per heavy atom. The Kier molecular flexibility index (Phi) is 5.59. The summed E-state index contributed by atoms with van der Waals surface area (Å²) in [5.41, 5.74) is 0.682. The van der Waals surface area contributed by atoms with Crippen LogP contribution < -0.4 is 14.3 Å². The van der Waals surface area contributed by atoms with Crippen LogP contribution in [0.2, 0.25) is 0 Å². The standard InChI is InChI=1S/C16H18N2O4S/c1-3-22-15-10-9-13(11-16(15)21-2)12-17-18-23(19,20)14-7-5-4-6-8-14/h4-12,18H,3H2,1-2H3/b17-12+. The molecule has 23 heavy (non-hydrogen) atoms. The first-order chi connectivity index (χ1) is 11.1. The van der Waals surface area contributed by atoms with Gasteiger partial charge in [-0.15, -0.1) is 0 Å². The molecule has 0 radical (unpaired) electrons. The minimum Gasteiger partial charge on any atom is -0.493 e. The minimum atomic E-state index is -3.67. The SMILES string of the molecule is CCOc1ccc(/C=N/NS(=O)(=O)c2ccccc2)cc1OC. The third-order valence-electron chi connectivity index (χ3n) is 2.93. The Balaban J connectivity index is 2.12. The van der Waals surface area contributed by atoms with Crippen LogP contribution in [0.3, 0.4) is 0 Å². The monoisotopic (exact) mass is 334 g/mol. The van der Waals surface area contributed by atoms with Gasteiger partial charge in [0, 0.05) is 0 Å². The van der Waals surface area contributed by atoms with E-state index in [0.29, 0.717) is 23.7 Å². The average Bonchev–Trinajstić information content (AvgIpc) is 2.57. The normalized spacial score (nSPS) is 11.4. The van der Waals surface area contributed by atoms with Crippen molar-refractivity contribution >= 4 is 16.2 Å². The van der Waals surface area contributed by atoms with E-state index in [1.54, 1.807) is 36.4 Å². The molecule has 0 fully saturated rings. The van der Waals surface area contributed by atoms with E-state index in [2.05, 4.69) is 9.93 Å². The predicted molar refractivity (Wildman–Crippen MR) is 88.5 cm³/mol. The lowest BCUT2D eigenvalue weighted by atomic mass is 10.2. The maximum Gasteiger partial charge on any atom is 0.276 e. The Hall–Kier alpha value is -2.54. The van der Waals surface area contributed by atoms with Gasteiger partial charge >= 0.3 is 0 Å². The molecule has 0 saturated carbocycles. The second-order valence-electron chi connectivity index (χ2n) is 4.51. The largest absolute Gasteiger partial charge is 0.493 e. The van der Waals surface area contributed by atoms with Crippen LogP contribution in [-0.2, 0) is 10.0 Å². The highest BCUT2D eigenvalue weighted by Gasteiger charge is 2.11. The highest BCUT2D eigenvalue weighted by molar-refractivity contribution is 7.89. The van der Waals surface area contributed by atoms with Gasteiger partial charge in [0.2, 0.25) is 0 Å². The van der Waals surface area contributed by atoms with Gasteiger partial charge in [0.25, 0.3) is 10.0 Å². The molecule has 0 aliphatic heterocycles. The third kappa shape index (κ3) is 4.46. The lowest BCUT2D eigenvalue weighted by Gasteiger charge is -2.09. The summed E-state index contributed by atoms with van der Waals surface area (Å²) in [7, 11) is -2.13. The van der Waals surface area contributed by atoms with Gasteiger partial charge in [-0.2, -0.15) is 13.5 Å². The highest BCUT2D eigenvalue weighted by Crippen LogP contribution is 2.27. The summed E-state index contributed by atoms with van der Waals surface area (Å²) >= 11 is 0. The number of ether oxygens (including phenoxy) is 2. The van der Waals surface area contributed by atoms with Crippen molar-refractivity contribution in [3.8, 4) is 11.5 Å². The number of nitrogens with zero attached hydrogens (tertiary/aromatic N) is 1. The van der Waals surface area contributed by atoms with Gasteiger partial charge in [0.05, 0.1) is 24.8 Å². The number of nitrogens with one attached hydrogen (secondary N) is 1. The summed E-state index contributed by atoms with van der Waals surface area (Å²) in [5.74, 6) is 1.18. The smallest absolute Gasteiger partial charge is 0.276 e. The Bertz CT molecular complexity index is 774. The Labute approximate surface area is 135 Å². The zero-order valence-electron chi connectivity index (χ0n) is 12.9. The topological polar surface area (TPSA) is 77.0 Å². The van der Waals surface area contributed by atoms with Crippen molar-refractivity contribution in [2.45, 2.75) is 11.8 Å². The van der Waals surface area contributed by atoms with Gasteiger partial charge in [-0.1, -0.05) is 18.2 Å². The Morgan fingerprint density at radius 3 is 2.52 bits per heavy atom. The van der Waals surface area contributed by atoms with Crippen LogP contribution in [0.5, 0.6) is 11.5 Å². The zero-order valence-corrected chi connectivity index (χ0v) is 13.7. The fourth-order valence-electron chi connectivity index (χ4n) is 1.86. The van der Waals surface area contributed by atoms with E-state index in [0.717, 1.165) is 0 Å². The van der Waals surface area contributed by atoms with Crippen LogP contribution in [0.4, 0.5) is 0 Å². The molecule has 2 aromatic carbocycles. The summed E-state index contributed by atoms with van der Waals surface area (Å²) < 4.78 is 34.7. The molecule has 0 aromatic heterocycles.